The molecule has 4 heteroatoms. The van der Waals surface area contributed by atoms with Gasteiger partial charge in [0.15, 0.2) is 0 Å². The van der Waals surface area contributed by atoms with Gasteiger partial charge < -0.3 is 9.84 Å². The van der Waals surface area contributed by atoms with Gasteiger partial charge in [-0.3, -0.25) is 9.59 Å². The molecule has 0 heterocycles. The normalized spacial score (nSPS) is 10.2. The predicted octanol–water partition coefficient (Wildman–Crippen LogP) is 5.50. The first-order chi connectivity index (χ1) is 6.52. The molecule has 4 nitrogen and oxygen atoms in total. The quantitative estimate of drug-likeness (QED) is 0.657. The van der Waals surface area contributed by atoms with Gasteiger partial charge in [0.05, 0.1) is 18.4 Å². The Morgan fingerprint density at radius 2 is 1.40 bits per heavy atom. The maximum atomic E-state index is 11.3. The Bertz CT molecular complexity index is 203. The van der Waals surface area contributed by atoms with Crippen molar-refractivity contribution in [2.45, 2.75) is 78.2 Å². The number of carbonyl (C=O) groups is 2. The molecule has 20 heavy (non-hydrogen) atoms. The van der Waals surface area contributed by atoms with Crippen LogP contribution in [0.1, 0.15) is 78.2 Å². The molecule has 1 N–H and O–H groups in total. The molecule has 0 saturated carbocycles. The largest absolute Gasteiger partial charge is 0.481 e. The molecular weight excluding hydrogens is 256 g/mol. The molecule has 0 aliphatic heterocycles. The third-order valence-electron chi connectivity index (χ3n) is 2.17. The number of carboxylic acids is 1. The van der Waals surface area contributed by atoms with Gasteiger partial charge in [0, 0.05) is 0 Å². The van der Waals surface area contributed by atoms with E-state index in [1.165, 1.54) is 0 Å². The molecule has 0 aromatic carbocycles. The van der Waals surface area contributed by atoms with E-state index in [0.29, 0.717) is 19.4 Å². The van der Waals surface area contributed by atoms with E-state index in [0.717, 1.165) is 0 Å². The van der Waals surface area contributed by atoms with Crippen molar-refractivity contribution in [3.8, 4) is 0 Å². The van der Waals surface area contributed by atoms with Crippen molar-refractivity contribution in [2.75, 3.05) is 6.61 Å². The smallest absolute Gasteiger partial charge is 0.308 e. The highest BCUT2D eigenvalue weighted by Gasteiger charge is 2.23. The molecule has 130 valence electrons. The molecule has 0 bridgehead atoms. The van der Waals surface area contributed by atoms with E-state index in [4.69, 9.17) is 9.84 Å². The van der Waals surface area contributed by atoms with Gasteiger partial charge >= 0.3 is 11.9 Å². The Kier molecular flexibility index (Phi) is 49.3. The minimum Gasteiger partial charge on any atom is -0.481 e. The summed E-state index contributed by atoms with van der Waals surface area (Å²) in [4.78, 5) is 21.9. The highest BCUT2D eigenvalue weighted by atomic mass is 16.5. The highest BCUT2D eigenvalue weighted by molar-refractivity contribution is 5.74. The molecule has 0 aromatic rings. The maximum Gasteiger partial charge on any atom is 0.308 e. The molecule has 0 aromatic heterocycles. The average Bonchev–Trinajstić information content (AvgIpc) is 2.13. The van der Waals surface area contributed by atoms with Crippen LogP contribution >= 0.6 is 0 Å². The van der Waals surface area contributed by atoms with E-state index >= 15 is 0 Å². The second-order valence-corrected chi connectivity index (χ2v) is 3.33. The molecule has 0 amide bonds. The Morgan fingerprint density at radius 3 is 1.65 bits per heavy atom. The molecular formula is C16H42O4. The first-order valence-corrected chi connectivity index (χ1v) is 4.92. The molecule has 0 aliphatic rings. The minimum atomic E-state index is -0.868. The molecule has 0 aliphatic carbocycles. The van der Waals surface area contributed by atoms with Gasteiger partial charge in [-0.2, -0.15) is 0 Å². The Morgan fingerprint density at radius 1 is 1.00 bits per heavy atom. The monoisotopic (exact) mass is 298 g/mol. The Labute approximate surface area is 128 Å². The van der Waals surface area contributed by atoms with Crippen LogP contribution in [-0.4, -0.2) is 23.7 Å². The van der Waals surface area contributed by atoms with Gasteiger partial charge in [-0.05, 0) is 19.8 Å². The van der Waals surface area contributed by atoms with Gasteiger partial charge in [-0.25, -0.2) is 0 Å². The number of hydrogen-bond donors (Lipinski definition) is 1. The van der Waals surface area contributed by atoms with Crippen molar-refractivity contribution < 1.29 is 19.4 Å². The van der Waals surface area contributed by atoms with Crippen LogP contribution in [0.25, 0.3) is 0 Å². The van der Waals surface area contributed by atoms with Gasteiger partial charge in [0.2, 0.25) is 0 Å². The summed E-state index contributed by atoms with van der Waals surface area (Å²) in [5.41, 5.74) is 0. The summed E-state index contributed by atoms with van der Waals surface area (Å²) < 4.78 is 4.84. The van der Waals surface area contributed by atoms with Crippen LogP contribution in [0, 0.1) is 11.8 Å². The fourth-order valence-corrected chi connectivity index (χ4v) is 1.22. The molecule has 0 radical (unpaired) electrons. The lowest BCUT2D eigenvalue weighted by molar-refractivity contribution is -0.150. The lowest BCUT2D eigenvalue weighted by atomic mass is 9.94. The predicted molar refractivity (Wildman–Crippen MR) is 92.2 cm³/mol. The molecule has 2 atom stereocenters. The third kappa shape index (κ3) is 16.9. The van der Waals surface area contributed by atoms with Crippen LogP contribution in [0.2, 0.25) is 0 Å². The lowest BCUT2D eigenvalue weighted by Crippen LogP contribution is -2.22. The fourth-order valence-electron chi connectivity index (χ4n) is 1.22. The minimum absolute atomic E-state index is 0. The second kappa shape index (κ2) is 23.1. The van der Waals surface area contributed by atoms with Gasteiger partial charge in [0.25, 0.3) is 0 Å². The molecule has 2 unspecified atom stereocenters. The van der Waals surface area contributed by atoms with Crippen molar-refractivity contribution in [3.63, 3.8) is 0 Å². The fraction of sp³-hybridized carbons (Fsp3) is 0.875. The Hall–Kier alpha value is -1.06. The molecule has 0 saturated heterocycles. The second-order valence-electron chi connectivity index (χ2n) is 3.33. The van der Waals surface area contributed by atoms with Gasteiger partial charge in [-0.1, -0.05) is 58.4 Å². The topological polar surface area (TPSA) is 63.6 Å². The average molecular weight is 299 g/mol. The van der Waals surface area contributed by atoms with Crippen molar-refractivity contribution in [2.24, 2.45) is 11.8 Å². The van der Waals surface area contributed by atoms with E-state index < -0.39 is 11.9 Å². The highest BCUT2D eigenvalue weighted by Crippen LogP contribution is 2.17. The summed E-state index contributed by atoms with van der Waals surface area (Å²) >= 11 is 0. The number of ether oxygens (including phenoxy) is 1. The number of aliphatic carboxylic acids is 1. The standard InChI is InChI=1S/C10H18O4.6CH4/c1-4-8(10(13)14-5-2)6-7(3)9(11)12;;;;;;/h7-8H,4-6H2,1-3H3,(H,11,12);6*1H4. The van der Waals surface area contributed by atoms with Crippen LogP contribution in [0.3, 0.4) is 0 Å². The van der Waals surface area contributed by atoms with E-state index in [1.54, 1.807) is 13.8 Å². The van der Waals surface area contributed by atoms with Crippen LogP contribution in [-0.2, 0) is 14.3 Å². The molecule has 0 spiro atoms. The SMILES string of the molecule is C.C.C.C.C.C.CCOC(=O)C(CC)CC(C)C(=O)O. The van der Waals surface area contributed by atoms with Crippen molar-refractivity contribution in [3.05, 3.63) is 0 Å². The zero-order valence-corrected chi connectivity index (χ0v) is 8.95. The number of rotatable bonds is 6. The zero-order valence-electron chi connectivity index (χ0n) is 8.95. The summed E-state index contributed by atoms with van der Waals surface area (Å²) in [6, 6.07) is 0. The zero-order chi connectivity index (χ0) is 11.1. The number of carboxylic acid groups (broad SMARTS) is 1. The van der Waals surface area contributed by atoms with Crippen molar-refractivity contribution >= 4 is 11.9 Å². The number of hydrogen-bond acceptors (Lipinski definition) is 3. The molecule has 0 rings (SSSR count). The summed E-state index contributed by atoms with van der Waals surface area (Å²) in [6.07, 6.45) is 0.973. The summed E-state index contributed by atoms with van der Waals surface area (Å²) in [5, 5.41) is 8.69. The van der Waals surface area contributed by atoms with Crippen LogP contribution in [0.4, 0.5) is 0 Å². The Balaban J connectivity index is -0.0000000563. The first kappa shape index (κ1) is 42.8. The number of carbonyl (C=O) groups excluding carboxylic acids is 1. The van der Waals surface area contributed by atoms with Gasteiger partial charge in [-0.15, -0.1) is 0 Å². The first-order valence-electron chi connectivity index (χ1n) is 4.92. The third-order valence-corrected chi connectivity index (χ3v) is 2.17. The summed E-state index contributed by atoms with van der Waals surface area (Å²) in [5.74, 6) is -1.94. The molecule has 0 fully saturated rings. The van der Waals surface area contributed by atoms with E-state index in [1.807, 2.05) is 6.92 Å². The van der Waals surface area contributed by atoms with Crippen LogP contribution < -0.4 is 0 Å². The van der Waals surface area contributed by atoms with Gasteiger partial charge in [0.1, 0.15) is 0 Å². The lowest BCUT2D eigenvalue weighted by Gasteiger charge is -2.15. The van der Waals surface area contributed by atoms with E-state index in [9.17, 15) is 9.59 Å². The van der Waals surface area contributed by atoms with Crippen molar-refractivity contribution in [1.29, 1.82) is 0 Å². The van der Waals surface area contributed by atoms with E-state index in [2.05, 4.69) is 0 Å². The van der Waals surface area contributed by atoms with E-state index in [-0.39, 0.29) is 56.4 Å². The van der Waals surface area contributed by atoms with Crippen LogP contribution in [0.5, 0.6) is 0 Å². The summed E-state index contributed by atoms with van der Waals surface area (Å²) in [6.45, 7) is 5.54. The van der Waals surface area contributed by atoms with Crippen LogP contribution in [0.15, 0.2) is 0 Å². The number of esters is 1. The summed E-state index contributed by atoms with van der Waals surface area (Å²) in [7, 11) is 0. The van der Waals surface area contributed by atoms with Crippen molar-refractivity contribution in [1.82, 2.24) is 0 Å². The maximum absolute atomic E-state index is 11.3.